The number of carbonyl (C=O) groups excluding carboxylic acids is 2. The van der Waals surface area contributed by atoms with Crippen molar-refractivity contribution in [3.8, 4) is 5.75 Å². The number of unbranched alkanes of at least 4 members (excludes halogenated alkanes) is 1. The van der Waals surface area contributed by atoms with Gasteiger partial charge in [0.25, 0.3) is 10.0 Å². The van der Waals surface area contributed by atoms with Gasteiger partial charge in [0.1, 0.15) is 18.3 Å². The highest BCUT2D eigenvalue weighted by Crippen LogP contribution is 2.27. The molecule has 0 spiro atoms. The molecule has 0 saturated carbocycles. The summed E-state index contributed by atoms with van der Waals surface area (Å²) < 4.78 is 35.7. The first-order chi connectivity index (χ1) is 22.2. The zero-order valence-corrected chi connectivity index (χ0v) is 28.5. The second-order valence-electron chi connectivity index (χ2n) is 10.8. The minimum absolute atomic E-state index is 0.0494. The summed E-state index contributed by atoms with van der Waals surface area (Å²) in [6.07, 6.45) is 1.95. The second kappa shape index (κ2) is 17.0. The molecular weight excluding hydrogens is 666 g/mol. The molecule has 4 rings (SSSR count). The first-order valence-electron chi connectivity index (χ1n) is 15.4. The van der Waals surface area contributed by atoms with Crippen molar-refractivity contribution in [3.05, 3.63) is 125 Å². The number of anilines is 1. The van der Waals surface area contributed by atoms with Gasteiger partial charge in [-0.1, -0.05) is 89.9 Å². The fraction of sp³-hybridized carbons (Fsp3) is 0.278. The Morgan fingerprint density at radius 1 is 0.848 bits per heavy atom. The summed E-state index contributed by atoms with van der Waals surface area (Å²) >= 11 is 3.51. The van der Waals surface area contributed by atoms with Crippen LogP contribution in [0.4, 0.5) is 5.69 Å². The van der Waals surface area contributed by atoms with Crippen LogP contribution in [0.3, 0.4) is 0 Å². The van der Waals surface area contributed by atoms with E-state index in [1.54, 1.807) is 42.5 Å². The van der Waals surface area contributed by atoms with Crippen molar-refractivity contribution in [2.24, 2.45) is 0 Å². The van der Waals surface area contributed by atoms with Gasteiger partial charge in [-0.2, -0.15) is 0 Å². The molecule has 8 nitrogen and oxygen atoms in total. The molecule has 0 aliphatic rings. The van der Waals surface area contributed by atoms with Crippen LogP contribution in [0, 0.1) is 0 Å². The number of halogens is 1. The van der Waals surface area contributed by atoms with Gasteiger partial charge in [0.05, 0.1) is 17.2 Å². The fourth-order valence-corrected chi connectivity index (χ4v) is 6.90. The second-order valence-corrected chi connectivity index (χ2v) is 13.5. The molecule has 0 fully saturated rings. The first-order valence-corrected chi connectivity index (χ1v) is 17.6. The Morgan fingerprint density at radius 2 is 1.50 bits per heavy atom. The van der Waals surface area contributed by atoms with Crippen LogP contribution in [0.1, 0.15) is 37.8 Å². The van der Waals surface area contributed by atoms with Gasteiger partial charge in [-0.25, -0.2) is 8.42 Å². The highest BCUT2D eigenvalue weighted by Gasteiger charge is 2.34. The number of amides is 2. The van der Waals surface area contributed by atoms with Crippen molar-refractivity contribution >= 4 is 43.5 Å². The van der Waals surface area contributed by atoms with E-state index in [-0.39, 0.29) is 23.8 Å². The van der Waals surface area contributed by atoms with Gasteiger partial charge in [-0.3, -0.25) is 13.9 Å². The van der Waals surface area contributed by atoms with Gasteiger partial charge < -0.3 is 15.0 Å². The minimum Gasteiger partial charge on any atom is -0.494 e. The van der Waals surface area contributed by atoms with Crippen LogP contribution in [0.2, 0.25) is 0 Å². The van der Waals surface area contributed by atoms with E-state index in [1.807, 2.05) is 68.4 Å². The van der Waals surface area contributed by atoms with Gasteiger partial charge >= 0.3 is 0 Å². The maximum atomic E-state index is 14.5. The molecule has 0 bridgehead atoms. The predicted molar refractivity (Wildman–Crippen MR) is 185 cm³/mol. The number of hydrogen-bond donors (Lipinski definition) is 1. The molecule has 46 heavy (non-hydrogen) atoms. The van der Waals surface area contributed by atoms with E-state index in [1.165, 1.54) is 17.0 Å². The predicted octanol–water partition coefficient (Wildman–Crippen LogP) is 6.60. The Hall–Kier alpha value is -4.15. The van der Waals surface area contributed by atoms with Crippen LogP contribution < -0.4 is 14.4 Å². The van der Waals surface area contributed by atoms with Crippen LogP contribution in [0.15, 0.2) is 119 Å². The van der Waals surface area contributed by atoms with Crippen molar-refractivity contribution in [2.75, 3.05) is 24.0 Å². The summed E-state index contributed by atoms with van der Waals surface area (Å²) in [5.41, 5.74) is 1.97. The Balaban J connectivity index is 1.78. The number of ether oxygens (including phenoxy) is 1. The number of nitrogens with zero attached hydrogens (tertiary/aromatic N) is 2. The number of sulfonamides is 1. The molecule has 4 aromatic rings. The van der Waals surface area contributed by atoms with Gasteiger partial charge in [0, 0.05) is 24.0 Å². The van der Waals surface area contributed by atoms with Gasteiger partial charge in [-0.05, 0) is 73.0 Å². The van der Waals surface area contributed by atoms with E-state index in [0.29, 0.717) is 24.6 Å². The molecule has 4 aromatic carbocycles. The number of hydrogen-bond acceptors (Lipinski definition) is 5. The third-order valence-corrected chi connectivity index (χ3v) is 9.67. The molecule has 2 amide bonds. The minimum atomic E-state index is -4.17. The molecular formula is C36H40BrN3O5S. The first kappa shape index (κ1) is 34.7. The lowest BCUT2D eigenvalue weighted by Gasteiger charge is -2.34. The molecule has 0 aromatic heterocycles. The fourth-order valence-electron chi connectivity index (χ4n) is 5.02. The Labute approximate surface area is 280 Å². The van der Waals surface area contributed by atoms with E-state index < -0.39 is 28.5 Å². The molecule has 0 radical (unpaired) electrons. The zero-order valence-electron chi connectivity index (χ0n) is 26.1. The molecule has 242 valence electrons. The van der Waals surface area contributed by atoms with Crippen LogP contribution in [-0.4, -0.2) is 50.9 Å². The normalized spacial score (nSPS) is 11.8. The van der Waals surface area contributed by atoms with Crippen LogP contribution in [-0.2, 0) is 32.6 Å². The van der Waals surface area contributed by atoms with Crippen molar-refractivity contribution in [3.63, 3.8) is 0 Å². The maximum absolute atomic E-state index is 14.5. The lowest BCUT2D eigenvalue weighted by molar-refractivity contribution is -0.140. The molecule has 1 atom stereocenters. The molecule has 0 unspecified atom stereocenters. The van der Waals surface area contributed by atoms with Gasteiger partial charge in [-0.15, -0.1) is 0 Å². The molecule has 0 aliphatic heterocycles. The summed E-state index contributed by atoms with van der Waals surface area (Å²) in [5, 5.41) is 3.01. The molecule has 0 aliphatic carbocycles. The topological polar surface area (TPSA) is 96.0 Å². The highest BCUT2D eigenvalue weighted by molar-refractivity contribution is 9.10. The van der Waals surface area contributed by atoms with Crippen molar-refractivity contribution in [2.45, 2.75) is 50.6 Å². The molecule has 0 saturated heterocycles. The molecule has 1 N–H and O–H groups in total. The van der Waals surface area contributed by atoms with E-state index in [2.05, 4.69) is 21.2 Å². The third-order valence-electron chi connectivity index (χ3n) is 7.39. The monoisotopic (exact) mass is 705 g/mol. The van der Waals surface area contributed by atoms with Crippen molar-refractivity contribution in [1.82, 2.24) is 10.2 Å². The average Bonchev–Trinajstić information content (AvgIpc) is 3.06. The Morgan fingerprint density at radius 3 is 2.13 bits per heavy atom. The van der Waals surface area contributed by atoms with Crippen molar-refractivity contribution in [1.29, 1.82) is 0 Å². The Kier molecular flexibility index (Phi) is 12.8. The highest BCUT2D eigenvalue weighted by atomic mass is 79.9. The average molecular weight is 707 g/mol. The molecule has 0 heterocycles. The maximum Gasteiger partial charge on any atom is 0.264 e. The van der Waals surface area contributed by atoms with E-state index in [0.717, 1.165) is 32.7 Å². The van der Waals surface area contributed by atoms with E-state index in [4.69, 9.17) is 4.74 Å². The summed E-state index contributed by atoms with van der Waals surface area (Å²) in [6, 6.07) is 30.7. The SMILES string of the molecule is CCCCNC(=O)[C@H](Cc1ccccc1)N(Cc1cccc(Br)c1)C(=O)CN(c1ccc(OCC)cc1)S(=O)(=O)c1ccccc1. The summed E-state index contributed by atoms with van der Waals surface area (Å²) in [6.45, 7) is 4.41. The van der Waals surface area contributed by atoms with Crippen LogP contribution in [0.25, 0.3) is 0 Å². The number of nitrogens with one attached hydrogen (secondary N) is 1. The van der Waals surface area contributed by atoms with E-state index in [9.17, 15) is 18.0 Å². The lowest BCUT2D eigenvalue weighted by atomic mass is 10.0. The lowest BCUT2D eigenvalue weighted by Crippen LogP contribution is -2.53. The van der Waals surface area contributed by atoms with Crippen LogP contribution in [0.5, 0.6) is 5.75 Å². The third kappa shape index (κ3) is 9.43. The van der Waals surface area contributed by atoms with E-state index >= 15 is 0 Å². The number of carbonyl (C=O) groups is 2. The Bertz CT molecular complexity index is 1670. The summed E-state index contributed by atoms with van der Waals surface area (Å²) in [4.78, 5) is 29.9. The summed E-state index contributed by atoms with van der Waals surface area (Å²) in [7, 11) is -4.17. The van der Waals surface area contributed by atoms with Gasteiger partial charge in [0.2, 0.25) is 11.8 Å². The number of benzene rings is 4. The quantitative estimate of drug-likeness (QED) is 0.133. The summed E-state index contributed by atoms with van der Waals surface area (Å²) in [5.74, 6) is -0.225. The zero-order chi connectivity index (χ0) is 32.9. The van der Waals surface area contributed by atoms with Gasteiger partial charge in [0.15, 0.2) is 0 Å². The smallest absolute Gasteiger partial charge is 0.264 e. The standard InChI is InChI=1S/C36H40BrN3O5S/c1-3-5-23-38-36(42)34(25-28-13-8-6-9-14-28)39(26-29-15-12-16-30(37)24-29)35(41)27-40(31-19-21-32(22-20-31)45-4-2)46(43,44)33-17-10-7-11-18-33/h6-22,24,34H,3-5,23,25-27H2,1-2H3,(H,38,42)/t34-/m0/s1. The largest absolute Gasteiger partial charge is 0.494 e. The molecule has 10 heteroatoms. The number of rotatable bonds is 16. The van der Waals surface area contributed by atoms with Crippen molar-refractivity contribution < 1.29 is 22.7 Å². The van der Waals surface area contributed by atoms with Crippen LogP contribution >= 0.6 is 15.9 Å².